The Hall–Kier alpha value is -9.39. The number of sulfonamides is 2. The van der Waals surface area contributed by atoms with Gasteiger partial charge in [-0.2, -0.15) is 5.48 Å². The Labute approximate surface area is 733 Å². The number of rotatable bonds is 33. The van der Waals surface area contributed by atoms with Gasteiger partial charge in [-0.3, -0.25) is 0 Å². The van der Waals surface area contributed by atoms with Gasteiger partial charge in [0.15, 0.2) is 0 Å². The predicted octanol–water partition coefficient (Wildman–Crippen LogP) is 19.2. The van der Waals surface area contributed by atoms with Gasteiger partial charge in [-0.15, -0.1) is 9.32 Å². The summed E-state index contributed by atoms with van der Waals surface area (Å²) in [7, 11) is -15.5. The van der Waals surface area contributed by atoms with Crippen molar-refractivity contribution in [2.45, 2.75) is 184 Å². The van der Waals surface area contributed by atoms with Crippen molar-refractivity contribution < 1.29 is 70.9 Å². The number of fused-ring (bicyclic) bond motifs is 4. The SMILES string of the molecule is CCCCC(CC)CNOOSC.CCCCC(CC)CNS(C)(=O)=O.CCCCC(CC)CNS(C)(=O)=O.Cc1cccc(C)c1Nc1ccc2c(-c3ccccc3S(=O)(=O)[O-])c3ccc(=[NH+]c4c(C)cccc4C)cc-3oc2c1.Cc1cccc(C)c1Nc1ccc2c(-c3ccccc3S(=O)(=O)[O-])c3ccc(=[NH+]c4c(C)cccc4C)cc-3oc2c1. The zero-order valence-corrected chi connectivity index (χ0v) is 78.2. The van der Waals surface area contributed by atoms with Crippen molar-refractivity contribution in [1.82, 2.24) is 14.9 Å². The molecule has 0 spiro atoms. The summed E-state index contributed by atoms with van der Waals surface area (Å²) in [6, 6.07) is 60.1. The third-order valence-corrected chi connectivity index (χ3v) is 25.1. The van der Waals surface area contributed by atoms with Crippen LogP contribution in [0.4, 0.5) is 34.1 Å². The summed E-state index contributed by atoms with van der Waals surface area (Å²) in [5, 5.41) is 10.1. The van der Waals surface area contributed by atoms with Crippen molar-refractivity contribution in [3.8, 4) is 44.9 Å². The molecule has 2 heterocycles. The maximum Gasteiger partial charge on any atom is 0.209 e. The van der Waals surface area contributed by atoms with E-state index in [4.69, 9.17) is 13.8 Å². The monoisotopic (exact) mass is 1770 g/mol. The van der Waals surface area contributed by atoms with E-state index in [1.54, 1.807) is 36.4 Å². The second kappa shape index (κ2) is 47.1. The Morgan fingerprint density at radius 1 is 0.398 bits per heavy atom. The fourth-order valence-corrected chi connectivity index (χ4v) is 17.2. The molecular weight excluding hydrogens is 1650 g/mol. The highest BCUT2D eigenvalue weighted by atomic mass is 32.2. The number of benzene rings is 10. The first-order valence-corrected chi connectivity index (χ1v) is 49.9. The minimum atomic E-state index is -4.74. The van der Waals surface area contributed by atoms with E-state index in [9.17, 15) is 42.8 Å². The highest BCUT2D eigenvalue weighted by Gasteiger charge is 2.26. The smallest absolute Gasteiger partial charge is 0.209 e. The number of aryl methyl sites for hydroxylation is 8. The summed E-state index contributed by atoms with van der Waals surface area (Å²) >= 11 is 1.19. The Balaban J connectivity index is 0.000000215. The normalized spacial score (nSPS) is 12.8. The van der Waals surface area contributed by atoms with Gasteiger partial charge < -0.3 is 28.6 Å². The van der Waals surface area contributed by atoms with Gasteiger partial charge in [0.2, 0.25) is 42.1 Å². The van der Waals surface area contributed by atoms with Crippen molar-refractivity contribution in [2.75, 3.05) is 49.0 Å². The van der Waals surface area contributed by atoms with Crippen LogP contribution in [-0.2, 0) is 49.6 Å². The highest BCUT2D eigenvalue weighted by Crippen LogP contribution is 2.45. The maximum absolute atomic E-state index is 12.3. The van der Waals surface area contributed by atoms with E-state index in [0.29, 0.717) is 97.7 Å². The molecule has 21 nitrogen and oxygen atoms in total. The largest absolute Gasteiger partial charge is 0.744 e. The summed E-state index contributed by atoms with van der Waals surface area (Å²) in [5.74, 6) is 2.79. The first-order chi connectivity index (χ1) is 58.5. The lowest BCUT2D eigenvalue weighted by Crippen LogP contribution is -2.71. The molecule has 0 saturated heterocycles. The van der Waals surface area contributed by atoms with Gasteiger partial charge in [-0.05, 0) is 163 Å². The second-order valence-electron chi connectivity index (χ2n) is 31.4. The maximum atomic E-state index is 12.3. The Kier molecular flexibility index (Phi) is 37.9. The molecule has 3 unspecified atom stereocenters. The van der Waals surface area contributed by atoms with Crippen molar-refractivity contribution in [1.29, 1.82) is 0 Å². The van der Waals surface area contributed by atoms with Gasteiger partial charge in [0.25, 0.3) is 0 Å². The van der Waals surface area contributed by atoms with Gasteiger partial charge in [-0.1, -0.05) is 209 Å². The summed E-state index contributed by atoms with van der Waals surface area (Å²) in [4.78, 5) is 11.2. The van der Waals surface area contributed by atoms with Crippen LogP contribution in [0.3, 0.4) is 0 Å². The number of hydrogen-bond acceptors (Lipinski definition) is 18. The molecule has 123 heavy (non-hydrogen) atoms. The molecule has 0 aromatic heterocycles. The van der Waals surface area contributed by atoms with E-state index in [2.05, 4.69) is 185 Å². The van der Waals surface area contributed by atoms with Crippen LogP contribution in [0, 0.1) is 73.1 Å². The van der Waals surface area contributed by atoms with Crippen LogP contribution in [0.15, 0.2) is 213 Å². The lowest BCUT2D eigenvalue weighted by Gasteiger charge is -2.19. The van der Waals surface area contributed by atoms with Crippen LogP contribution in [0.25, 0.3) is 66.8 Å². The van der Waals surface area contributed by atoms with Crippen molar-refractivity contribution in [3.63, 3.8) is 0 Å². The lowest BCUT2D eigenvalue weighted by molar-refractivity contribution is -0.404. The predicted molar refractivity (Wildman–Crippen MR) is 500 cm³/mol. The van der Waals surface area contributed by atoms with E-state index < -0.39 is 40.3 Å². The Morgan fingerprint density at radius 2 is 0.732 bits per heavy atom. The molecule has 4 aliphatic rings. The molecule has 660 valence electrons. The number of hydroxylamine groups is 1. The summed E-state index contributed by atoms with van der Waals surface area (Å²) in [6.07, 6.45) is 18.3. The van der Waals surface area contributed by atoms with Crippen LogP contribution in [0.5, 0.6) is 0 Å². The molecule has 26 heteroatoms. The zero-order chi connectivity index (χ0) is 89.8. The molecule has 0 saturated carbocycles. The van der Waals surface area contributed by atoms with Crippen LogP contribution in [-0.4, -0.2) is 81.2 Å². The molecule has 7 N–H and O–H groups in total. The van der Waals surface area contributed by atoms with Gasteiger partial charge in [-0.25, -0.2) is 53.1 Å². The van der Waals surface area contributed by atoms with Gasteiger partial charge in [0, 0.05) is 151 Å². The topological polar surface area (TPSA) is 316 Å². The van der Waals surface area contributed by atoms with Crippen molar-refractivity contribution in [3.05, 3.63) is 249 Å². The van der Waals surface area contributed by atoms with E-state index >= 15 is 0 Å². The molecule has 8 aromatic carbocycles. The number of anilines is 4. The highest BCUT2D eigenvalue weighted by molar-refractivity contribution is 7.93. The lowest BCUT2D eigenvalue weighted by atomic mass is 9.93. The van der Waals surface area contributed by atoms with Gasteiger partial charge >= 0.3 is 0 Å². The quantitative estimate of drug-likeness (QED) is 0.00502. The fraction of sp³-hybridized carbons (Fsp3) is 0.361. The third-order valence-electron chi connectivity index (χ3n) is 21.7. The summed E-state index contributed by atoms with van der Waals surface area (Å²) in [5.41, 5.74) is 21.8. The Morgan fingerprint density at radius 3 is 1.05 bits per heavy atom. The fourth-order valence-electron chi connectivity index (χ4n) is 14.7. The number of nitrogens with one attached hydrogen (secondary N) is 7. The standard InChI is InChI=1S/2C35H30N2O4S.3C9H21NO2S/c2*1-21-9-7-10-22(2)34(21)36-25-15-17-27-30(19-25)41-31-20-26(37-35-23(3)11-8-12-24(35)4)16-18-28(31)33(27)29-13-5-6-14-32(29)42(38,39)40;2*1-4-6-7-9(5-2)8-10-13(3,11)12;1-4-6-7-9(5-2)8-10-11-12-13-3/h2*5-20,36H,1-4H3,(H,38,39,40);3*9-10H,4-8H2,1-3H3. The molecule has 2 aliphatic carbocycles. The van der Waals surface area contributed by atoms with Crippen LogP contribution >= 0.6 is 12.0 Å². The second-order valence-corrected chi connectivity index (χ2v) is 38.3. The average Bonchev–Trinajstić information content (AvgIpc) is 0.747. The van der Waals surface area contributed by atoms with E-state index in [1.165, 1.54) is 88.1 Å². The average molecular weight is 1770 g/mol. The number of para-hydroxylation sites is 4. The minimum absolute atomic E-state index is 0.269. The number of hydrogen-bond donors (Lipinski definition) is 7. The number of unbranched alkanes of at least 4 members (excludes halogenated alkanes) is 3. The summed E-state index contributed by atoms with van der Waals surface area (Å²) < 4.78 is 140. The molecule has 12 rings (SSSR count). The van der Waals surface area contributed by atoms with E-state index in [1.807, 2.05) is 103 Å². The summed E-state index contributed by atoms with van der Waals surface area (Å²) in [6.45, 7) is 31.4. The van der Waals surface area contributed by atoms with Crippen LogP contribution < -0.4 is 46.3 Å². The molecular formula is C97H123N7O14S5. The molecule has 0 bridgehead atoms. The first-order valence-electron chi connectivity index (χ1n) is 42.1. The van der Waals surface area contributed by atoms with Crippen molar-refractivity contribution in [2.24, 2.45) is 17.8 Å². The first kappa shape index (κ1) is 99.0. The third kappa shape index (κ3) is 29.4. The molecule has 3 atom stereocenters. The van der Waals surface area contributed by atoms with Gasteiger partial charge in [0.1, 0.15) is 42.9 Å². The molecule has 2 aliphatic heterocycles. The van der Waals surface area contributed by atoms with E-state index in [-0.39, 0.29) is 9.79 Å². The van der Waals surface area contributed by atoms with E-state index in [0.717, 1.165) is 122 Å². The van der Waals surface area contributed by atoms with Crippen molar-refractivity contribution >= 4 is 108 Å². The van der Waals surface area contributed by atoms with Crippen LogP contribution in [0.1, 0.15) is 163 Å². The molecule has 0 radical (unpaired) electrons. The Bertz CT molecular complexity index is 5660. The zero-order valence-electron chi connectivity index (χ0n) is 74.1. The van der Waals surface area contributed by atoms with Crippen LogP contribution in [0.2, 0.25) is 0 Å². The molecule has 0 amide bonds. The minimum Gasteiger partial charge on any atom is -0.744 e. The molecule has 0 fully saturated rings. The molecule has 8 aromatic rings. The van der Waals surface area contributed by atoms with Gasteiger partial charge in [0.05, 0.1) is 34.4 Å².